The van der Waals surface area contributed by atoms with E-state index in [0.29, 0.717) is 18.9 Å². The molecule has 0 spiro atoms. The number of ether oxygens (including phenoxy) is 1. The molecular formula is C20H30N4O3. The predicted octanol–water partition coefficient (Wildman–Crippen LogP) is 2.52. The van der Waals surface area contributed by atoms with Gasteiger partial charge in [0.05, 0.1) is 0 Å². The summed E-state index contributed by atoms with van der Waals surface area (Å²) >= 11 is 0. The minimum Gasteiger partial charge on any atom is -0.364 e. The number of likely N-dealkylation sites (tertiary alicyclic amines) is 1. The van der Waals surface area contributed by atoms with Gasteiger partial charge in [0.2, 0.25) is 5.91 Å². The number of urea groups is 1. The number of hydrogen-bond acceptors (Lipinski definition) is 4. The highest BCUT2D eigenvalue weighted by Crippen LogP contribution is 2.30. The number of carbonyl (C=O) groups excluding carboxylic acids is 2. The summed E-state index contributed by atoms with van der Waals surface area (Å²) < 4.78 is 5.14. The topological polar surface area (TPSA) is 65.1 Å². The van der Waals surface area contributed by atoms with Gasteiger partial charge in [-0.15, -0.1) is 0 Å². The molecule has 2 aliphatic rings. The van der Waals surface area contributed by atoms with Crippen LogP contribution in [-0.2, 0) is 16.0 Å². The van der Waals surface area contributed by atoms with Gasteiger partial charge >= 0.3 is 6.03 Å². The molecule has 1 saturated heterocycles. The van der Waals surface area contributed by atoms with Crippen molar-refractivity contribution in [1.82, 2.24) is 9.80 Å². The zero-order valence-electron chi connectivity index (χ0n) is 16.5. The maximum absolute atomic E-state index is 12.7. The number of aryl methyl sites for hydroxylation is 1. The average Bonchev–Trinajstić information content (AvgIpc) is 3.15. The molecule has 27 heavy (non-hydrogen) atoms. The fourth-order valence-corrected chi connectivity index (χ4v) is 4.08. The minimum absolute atomic E-state index is 0.0507. The molecular weight excluding hydrogens is 344 g/mol. The quantitative estimate of drug-likeness (QED) is 0.831. The SMILES string of the molecule is CCN(CC)[C@H]1CCN(C(=O)Nc2ccc3c(c2)CCC(=O)N3COC)C1. The van der Waals surface area contributed by atoms with Gasteiger partial charge in [-0.3, -0.25) is 14.6 Å². The van der Waals surface area contributed by atoms with Crippen molar-refractivity contribution in [3.63, 3.8) is 0 Å². The highest BCUT2D eigenvalue weighted by atomic mass is 16.5. The Labute approximate surface area is 161 Å². The first-order valence-electron chi connectivity index (χ1n) is 9.79. The Kier molecular flexibility index (Phi) is 6.34. The largest absolute Gasteiger partial charge is 0.364 e. The molecule has 0 bridgehead atoms. The molecule has 0 aromatic heterocycles. The van der Waals surface area contributed by atoms with Crippen LogP contribution in [-0.4, -0.2) is 67.8 Å². The fraction of sp³-hybridized carbons (Fsp3) is 0.600. The fourth-order valence-electron chi connectivity index (χ4n) is 4.08. The number of anilines is 2. The number of methoxy groups -OCH3 is 1. The summed E-state index contributed by atoms with van der Waals surface area (Å²) in [6, 6.07) is 6.12. The molecule has 7 heteroatoms. The van der Waals surface area contributed by atoms with E-state index in [0.717, 1.165) is 49.5 Å². The lowest BCUT2D eigenvalue weighted by Crippen LogP contribution is -2.40. The number of carbonyl (C=O) groups is 2. The number of hydrogen-bond donors (Lipinski definition) is 1. The molecule has 3 rings (SSSR count). The Morgan fingerprint density at radius 2 is 2.07 bits per heavy atom. The minimum atomic E-state index is -0.0507. The summed E-state index contributed by atoms with van der Waals surface area (Å²) in [7, 11) is 1.58. The third kappa shape index (κ3) is 4.25. The maximum Gasteiger partial charge on any atom is 0.321 e. The first kappa shape index (κ1) is 19.6. The summed E-state index contributed by atoms with van der Waals surface area (Å²) in [5.74, 6) is 0.0700. The number of rotatable bonds is 6. The first-order valence-corrected chi connectivity index (χ1v) is 9.79. The molecule has 1 N–H and O–H groups in total. The number of nitrogens with zero attached hydrogens (tertiary/aromatic N) is 3. The van der Waals surface area contributed by atoms with Gasteiger partial charge in [0.1, 0.15) is 6.73 Å². The summed E-state index contributed by atoms with van der Waals surface area (Å²) in [4.78, 5) is 30.7. The highest BCUT2D eigenvalue weighted by molar-refractivity contribution is 5.97. The van der Waals surface area contributed by atoms with Crippen LogP contribution >= 0.6 is 0 Å². The van der Waals surface area contributed by atoms with Gasteiger partial charge in [0, 0.05) is 44.0 Å². The van der Waals surface area contributed by atoms with Crippen molar-refractivity contribution in [2.24, 2.45) is 0 Å². The Morgan fingerprint density at radius 3 is 2.78 bits per heavy atom. The van der Waals surface area contributed by atoms with Crippen LogP contribution in [0.3, 0.4) is 0 Å². The summed E-state index contributed by atoms with van der Waals surface area (Å²) in [6.07, 6.45) is 2.17. The average molecular weight is 374 g/mol. The van der Waals surface area contributed by atoms with Crippen LogP contribution in [0.5, 0.6) is 0 Å². The highest BCUT2D eigenvalue weighted by Gasteiger charge is 2.29. The van der Waals surface area contributed by atoms with Gasteiger partial charge in [-0.2, -0.15) is 0 Å². The Balaban J connectivity index is 1.65. The van der Waals surface area contributed by atoms with E-state index in [1.165, 1.54) is 0 Å². The summed E-state index contributed by atoms with van der Waals surface area (Å²) in [5, 5.41) is 3.02. The lowest BCUT2D eigenvalue weighted by molar-refractivity contribution is -0.119. The Hall–Kier alpha value is -2.12. The molecule has 1 atom stereocenters. The normalized spacial score (nSPS) is 19.6. The van der Waals surface area contributed by atoms with Crippen molar-refractivity contribution in [3.8, 4) is 0 Å². The predicted molar refractivity (Wildman–Crippen MR) is 106 cm³/mol. The third-order valence-corrected chi connectivity index (χ3v) is 5.57. The van der Waals surface area contributed by atoms with Crippen molar-refractivity contribution < 1.29 is 14.3 Å². The van der Waals surface area contributed by atoms with Crippen LogP contribution in [0.25, 0.3) is 0 Å². The smallest absolute Gasteiger partial charge is 0.321 e. The van der Waals surface area contributed by atoms with E-state index in [1.807, 2.05) is 23.1 Å². The van der Waals surface area contributed by atoms with E-state index in [1.54, 1.807) is 12.0 Å². The van der Waals surface area contributed by atoms with Gasteiger partial charge in [0.25, 0.3) is 0 Å². The number of nitrogens with one attached hydrogen (secondary N) is 1. The van der Waals surface area contributed by atoms with Crippen molar-refractivity contribution in [2.45, 2.75) is 39.2 Å². The lowest BCUT2D eigenvalue weighted by atomic mass is 10.0. The van der Waals surface area contributed by atoms with E-state index in [9.17, 15) is 9.59 Å². The van der Waals surface area contributed by atoms with Crippen LogP contribution in [0.1, 0.15) is 32.3 Å². The van der Waals surface area contributed by atoms with Crippen LogP contribution in [0.4, 0.5) is 16.2 Å². The molecule has 0 unspecified atom stereocenters. The Bertz CT molecular complexity index is 690. The standard InChI is InChI=1S/C20H30N4O3/c1-4-22(5-2)17-10-11-23(13-17)20(26)21-16-7-8-18-15(12-16)6-9-19(25)24(18)14-27-3/h7-8,12,17H,4-6,9-11,13-14H2,1-3H3,(H,21,26)/t17-/m0/s1. The molecule has 7 nitrogen and oxygen atoms in total. The zero-order valence-corrected chi connectivity index (χ0v) is 16.5. The van der Waals surface area contributed by atoms with E-state index >= 15 is 0 Å². The van der Waals surface area contributed by atoms with E-state index in [2.05, 4.69) is 24.1 Å². The molecule has 2 heterocycles. The number of amides is 3. The van der Waals surface area contributed by atoms with E-state index in [4.69, 9.17) is 4.74 Å². The summed E-state index contributed by atoms with van der Waals surface area (Å²) in [5.41, 5.74) is 2.71. The monoisotopic (exact) mass is 374 g/mol. The van der Waals surface area contributed by atoms with Crippen LogP contribution in [0.15, 0.2) is 18.2 Å². The zero-order chi connectivity index (χ0) is 19.4. The van der Waals surface area contributed by atoms with Gasteiger partial charge in [0.15, 0.2) is 0 Å². The second-order valence-corrected chi connectivity index (χ2v) is 7.12. The molecule has 1 aromatic carbocycles. The van der Waals surface area contributed by atoms with Crippen molar-refractivity contribution >= 4 is 23.3 Å². The van der Waals surface area contributed by atoms with E-state index in [-0.39, 0.29) is 18.7 Å². The summed E-state index contributed by atoms with van der Waals surface area (Å²) in [6.45, 7) is 8.16. The number of benzene rings is 1. The molecule has 148 valence electrons. The van der Waals surface area contributed by atoms with Crippen LogP contribution in [0.2, 0.25) is 0 Å². The molecule has 1 aromatic rings. The molecule has 0 saturated carbocycles. The third-order valence-electron chi connectivity index (χ3n) is 5.57. The molecule has 1 fully saturated rings. The Morgan fingerprint density at radius 1 is 1.30 bits per heavy atom. The molecule has 0 radical (unpaired) electrons. The van der Waals surface area contributed by atoms with Crippen LogP contribution in [0, 0.1) is 0 Å². The lowest BCUT2D eigenvalue weighted by Gasteiger charge is -2.29. The van der Waals surface area contributed by atoms with Gasteiger partial charge in [-0.1, -0.05) is 13.8 Å². The van der Waals surface area contributed by atoms with Gasteiger partial charge < -0.3 is 15.0 Å². The van der Waals surface area contributed by atoms with Crippen LogP contribution < -0.4 is 10.2 Å². The molecule has 2 aliphatic heterocycles. The van der Waals surface area contributed by atoms with E-state index < -0.39 is 0 Å². The molecule has 3 amide bonds. The van der Waals surface area contributed by atoms with Gasteiger partial charge in [-0.05, 0) is 49.7 Å². The number of likely N-dealkylation sites (N-methyl/N-ethyl adjacent to an activating group) is 1. The second-order valence-electron chi connectivity index (χ2n) is 7.12. The number of fused-ring (bicyclic) bond motifs is 1. The van der Waals surface area contributed by atoms with Gasteiger partial charge in [-0.25, -0.2) is 4.79 Å². The molecule has 0 aliphatic carbocycles. The first-order chi connectivity index (χ1) is 13.1. The second kappa shape index (κ2) is 8.71. The van der Waals surface area contributed by atoms with Crippen molar-refractivity contribution in [3.05, 3.63) is 23.8 Å². The van der Waals surface area contributed by atoms with Crippen molar-refractivity contribution in [1.29, 1.82) is 0 Å². The maximum atomic E-state index is 12.7. The van der Waals surface area contributed by atoms with Crippen molar-refractivity contribution in [2.75, 3.05) is 50.2 Å².